The summed E-state index contributed by atoms with van der Waals surface area (Å²) in [4.78, 5) is 16.3. The van der Waals surface area contributed by atoms with Crippen molar-refractivity contribution in [1.29, 1.82) is 0 Å². The fourth-order valence-corrected chi connectivity index (χ4v) is 2.29. The van der Waals surface area contributed by atoms with Crippen LogP contribution in [0.3, 0.4) is 0 Å². The van der Waals surface area contributed by atoms with E-state index in [4.69, 9.17) is 0 Å². The van der Waals surface area contributed by atoms with E-state index in [2.05, 4.69) is 15.0 Å². The Labute approximate surface area is 97.1 Å². The van der Waals surface area contributed by atoms with Crippen LogP contribution in [0.4, 0.5) is 0 Å². The van der Waals surface area contributed by atoms with Gasteiger partial charge in [-0.2, -0.15) is 0 Å². The van der Waals surface area contributed by atoms with Crippen molar-refractivity contribution in [3.63, 3.8) is 0 Å². The molecule has 2 rings (SSSR count). The van der Waals surface area contributed by atoms with E-state index in [0.29, 0.717) is 6.54 Å². The van der Waals surface area contributed by atoms with Crippen molar-refractivity contribution in [2.75, 3.05) is 13.7 Å². The second-order valence-electron chi connectivity index (χ2n) is 3.38. The predicted molar refractivity (Wildman–Crippen MR) is 61.5 cm³/mol. The van der Waals surface area contributed by atoms with E-state index < -0.39 is 0 Å². The van der Waals surface area contributed by atoms with E-state index in [1.165, 1.54) is 7.11 Å². The fourth-order valence-electron chi connectivity index (χ4n) is 1.51. The Morgan fingerprint density at radius 1 is 1.69 bits per heavy atom. The van der Waals surface area contributed by atoms with Crippen LogP contribution in [0.15, 0.2) is 11.6 Å². The number of aromatic nitrogens is 2. The molecule has 1 N–H and O–H groups in total. The molecule has 0 fully saturated rings. The average Bonchev–Trinajstić information content (AvgIpc) is 2.81. The number of methoxy groups -OCH3 is 1. The maximum atomic E-state index is 10.9. The highest BCUT2D eigenvalue weighted by Crippen LogP contribution is 2.16. The van der Waals surface area contributed by atoms with Gasteiger partial charge >= 0.3 is 5.97 Å². The smallest absolute Gasteiger partial charge is 0.319 e. The third kappa shape index (κ3) is 2.07. The summed E-state index contributed by atoms with van der Waals surface area (Å²) < 4.78 is 6.58. The summed E-state index contributed by atoms with van der Waals surface area (Å²) in [5.41, 5.74) is 2.07. The number of imidazole rings is 1. The third-order valence-corrected chi connectivity index (χ3v) is 3.11. The van der Waals surface area contributed by atoms with Gasteiger partial charge in [0.1, 0.15) is 0 Å². The Kier molecular flexibility index (Phi) is 3.21. The minimum atomic E-state index is -0.260. The Hall–Kier alpha value is -1.40. The lowest BCUT2D eigenvalue weighted by atomic mass is 10.3. The first-order chi connectivity index (χ1) is 7.72. The average molecular weight is 239 g/mol. The molecule has 0 bridgehead atoms. The van der Waals surface area contributed by atoms with Gasteiger partial charge in [0, 0.05) is 18.1 Å². The van der Waals surface area contributed by atoms with E-state index in [0.717, 1.165) is 16.3 Å². The van der Waals surface area contributed by atoms with E-state index in [1.807, 2.05) is 22.9 Å². The minimum absolute atomic E-state index is 0.216. The standard InChI is InChI=1S/C10H13N3O2S/c1-7-8(5-11-6-9(14)15-2)13-3-4-16-10(13)12-7/h3-4,11H,5-6H2,1-2H3. The summed E-state index contributed by atoms with van der Waals surface area (Å²) in [6.07, 6.45) is 1.98. The van der Waals surface area contributed by atoms with Gasteiger partial charge in [-0.3, -0.25) is 9.20 Å². The molecule has 0 spiro atoms. The highest BCUT2D eigenvalue weighted by molar-refractivity contribution is 7.15. The molecule has 86 valence electrons. The van der Waals surface area contributed by atoms with Gasteiger partial charge in [-0.15, -0.1) is 11.3 Å². The Bertz CT molecular complexity index is 503. The lowest BCUT2D eigenvalue weighted by Gasteiger charge is -2.03. The minimum Gasteiger partial charge on any atom is -0.468 e. The first kappa shape index (κ1) is 11.1. The summed E-state index contributed by atoms with van der Waals surface area (Å²) in [5, 5.41) is 5.02. The second kappa shape index (κ2) is 4.63. The van der Waals surface area contributed by atoms with Crippen LogP contribution in [-0.2, 0) is 16.1 Å². The van der Waals surface area contributed by atoms with Gasteiger partial charge in [-0.1, -0.05) is 0 Å². The number of nitrogens with one attached hydrogen (secondary N) is 1. The van der Waals surface area contributed by atoms with Crippen LogP contribution in [0.1, 0.15) is 11.4 Å². The van der Waals surface area contributed by atoms with Crippen LogP contribution in [-0.4, -0.2) is 29.0 Å². The molecule has 2 heterocycles. The lowest BCUT2D eigenvalue weighted by molar-refractivity contribution is -0.139. The topological polar surface area (TPSA) is 55.6 Å². The Morgan fingerprint density at radius 3 is 3.25 bits per heavy atom. The number of carbonyl (C=O) groups excluding carboxylic acids is 1. The molecule has 2 aromatic rings. The van der Waals surface area contributed by atoms with E-state index >= 15 is 0 Å². The zero-order chi connectivity index (χ0) is 11.5. The molecule has 16 heavy (non-hydrogen) atoms. The van der Waals surface area contributed by atoms with Gasteiger partial charge in [0.05, 0.1) is 25.0 Å². The highest BCUT2D eigenvalue weighted by atomic mass is 32.1. The SMILES string of the molecule is COC(=O)CNCc1c(C)nc2sccn12. The van der Waals surface area contributed by atoms with Crippen molar-refractivity contribution in [1.82, 2.24) is 14.7 Å². The van der Waals surface area contributed by atoms with Crippen LogP contribution < -0.4 is 5.32 Å². The molecule has 0 saturated carbocycles. The molecule has 0 aliphatic heterocycles. The largest absolute Gasteiger partial charge is 0.468 e. The van der Waals surface area contributed by atoms with Crippen LogP contribution in [0.5, 0.6) is 0 Å². The summed E-state index contributed by atoms with van der Waals surface area (Å²) in [6, 6.07) is 0. The van der Waals surface area contributed by atoms with Crippen molar-refractivity contribution >= 4 is 22.3 Å². The van der Waals surface area contributed by atoms with Crippen LogP contribution >= 0.6 is 11.3 Å². The first-order valence-corrected chi connectivity index (χ1v) is 5.79. The Morgan fingerprint density at radius 2 is 2.50 bits per heavy atom. The molecule has 0 radical (unpaired) electrons. The molecule has 0 aliphatic carbocycles. The molecule has 0 aromatic carbocycles. The van der Waals surface area contributed by atoms with E-state index in [9.17, 15) is 4.79 Å². The van der Waals surface area contributed by atoms with Gasteiger partial charge in [0.15, 0.2) is 4.96 Å². The van der Waals surface area contributed by atoms with E-state index in [1.54, 1.807) is 11.3 Å². The van der Waals surface area contributed by atoms with Gasteiger partial charge in [-0.05, 0) is 6.92 Å². The highest BCUT2D eigenvalue weighted by Gasteiger charge is 2.09. The van der Waals surface area contributed by atoms with Crippen molar-refractivity contribution < 1.29 is 9.53 Å². The molecule has 0 atom stereocenters. The fraction of sp³-hybridized carbons (Fsp3) is 0.400. The van der Waals surface area contributed by atoms with Gasteiger partial charge in [0.2, 0.25) is 0 Å². The number of esters is 1. The molecular weight excluding hydrogens is 226 g/mol. The summed E-state index contributed by atoms with van der Waals surface area (Å²) in [6.45, 7) is 2.79. The quantitative estimate of drug-likeness (QED) is 0.808. The van der Waals surface area contributed by atoms with Crippen molar-refractivity contribution in [3.8, 4) is 0 Å². The number of thiazole rings is 1. The van der Waals surface area contributed by atoms with Gasteiger partial charge in [-0.25, -0.2) is 4.98 Å². The molecular formula is C10H13N3O2S. The maximum Gasteiger partial charge on any atom is 0.319 e. The maximum absolute atomic E-state index is 10.9. The molecule has 0 saturated heterocycles. The number of hydrogen-bond acceptors (Lipinski definition) is 5. The summed E-state index contributed by atoms with van der Waals surface area (Å²) in [5.74, 6) is -0.260. The molecule has 0 amide bonds. The van der Waals surface area contributed by atoms with E-state index in [-0.39, 0.29) is 12.5 Å². The number of hydrogen-bond donors (Lipinski definition) is 1. The predicted octanol–water partition coefficient (Wildman–Crippen LogP) is 0.967. The molecule has 0 unspecified atom stereocenters. The van der Waals surface area contributed by atoms with Crippen molar-refractivity contribution in [2.24, 2.45) is 0 Å². The first-order valence-electron chi connectivity index (χ1n) is 4.91. The molecule has 6 heteroatoms. The normalized spacial score (nSPS) is 10.9. The number of rotatable bonds is 4. The summed E-state index contributed by atoms with van der Waals surface area (Å²) >= 11 is 1.60. The van der Waals surface area contributed by atoms with Crippen molar-refractivity contribution in [3.05, 3.63) is 23.0 Å². The number of carbonyl (C=O) groups is 1. The third-order valence-electron chi connectivity index (χ3n) is 2.35. The van der Waals surface area contributed by atoms with Gasteiger partial charge in [0.25, 0.3) is 0 Å². The second-order valence-corrected chi connectivity index (χ2v) is 4.25. The molecule has 0 aliphatic rings. The lowest BCUT2D eigenvalue weighted by Crippen LogP contribution is -2.24. The summed E-state index contributed by atoms with van der Waals surface area (Å²) in [7, 11) is 1.38. The number of fused-ring (bicyclic) bond motifs is 1. The number of aryl methyl sites for hydroxylation is 1. The van der Waals surface area contributed by atoms with Crippen molar-refractivity contribution in [2.45, 2.75) is 13.5 Å². The monoisotopic (exact) mass is 239 g/mol. The zero-order valence-corrected chi connectivity index (χ0v) is 10.0. The van der Waals surface area contributed by atoms with Crippen LogP contribution in [0.25, 0.3) is 4.96 Å². The Balaban J connectivity index is 2.05. The van der Waals surface area contributed by atoms with Gasteiger partial charge < -0.3 is 10.1 Å². The van der Waals surface area contributed by atoms with Crippen LogP contribution in [0.2, 0.25) is 0 Å². The molecule has 5 nitrogen and oxygen atoms in total. The number of ether oxygens (including phenoxy) is 1. The van der Waals surface area contributed by atoms with Crippen LogP contribution in [0, 0.1) is 6.92 Å². The zero-order valence-electron chi connectivity index (χ0n) is 9.19. The number of nitrogens with zero attached hydrogens (tertiary/aromatic N) is 2. The molecule has 2 aromatic heterocycles.